The first-order valence-electron chi connectivity index (χ1n) is 15.2. The Labute approximate surface area is 264 Å². The third-order valence-corrected chi connectivity index (χ3v) is 7.79. The Hall–Kier alpha value is -5.78. The van der Waals surface area contributed by atoms with Crippen LogP contribution in [0.4, 0.5) is 0 Å². The summed E-state index contributed by atoms with van der Waals surface area (Å²) in [5.41, 5.74) is 9.14. The number of aryl methyl sites for hydroxylation is 8. The van der Waals surface area contributed by atoms with Crippen molar-refractivity contribution in [1.82, 2.24) is 59.1 Å². The Morgan fingerprint density at radius 1 is 0.543 bits per heavy atom. The summed E-state index contributed by atoms with van der Waals surface area (Å²) in [6, 6.07) is 14.1. The molecule has 0 fully saturated rings. The predicted molar refractivity (Wildman–Crippen MR) is 174 cm³/mol. The lowest BCUT2D eigenvalue weighted by molar-refractivity contribution is 0.807. The molecule has 0 spiro atoms. The molecule has 0 radical (unpaired) electrons. The van der Waals surface area contributed by atoms with Crippen LogP contribution in [-0.2, 0) is 25.7 Å². The van der Waals surface area contributed by atoms with Gasteiger partial charge in [-0.25, -0.2) is 29.0 Å². The van der Waals surface area contributed by atoms with Gasteiger partial charge in [0.1, 0.15) is 0 Å². The molecule has 8 rings (SSSR count). The number of nitrogens with zero attached hydrogens (tertiary/aromatic N) is 12. The van der Waals surface area contributed by atoms with Gasteiger partial charge in [-0.15, -0.1) is 0 Å². The second kappa shape index (κ2) is 12.3. The molecule has 0 saturated carbocycles. The minimum atomic E-state index is 0.742. The highest BCUT2D eigenvalue weighted by Gasteiger charge is 2.11. The quantitative estimate of drug-likeness (QED) is 0.255. The molecule has 0 amide bonds. The van der Waals surface area contributed by atoms with E-state index in [1.54, 1.807) is 18.6 Å². The molecule has 46 heavy (non-hydrogen) atoms. The lowest BCUT2D eigenvalue weighted by atomic mass is 10.2. The zero-order valence-electron chi connectivity index (χ0n) is 26.1. The minimum absolute atomic E-state index is 0.742. The van der Waals surface area contributed by atoms with Gasteiger partial charge in [0, 0.05) is 59.8 Å². The molecule has 0 bridgehead atoms. The molecule has 12 nitrogen and oxygen atoms in total. The number of hydrogen-bond donors (Lipinski definition) is 0. The zero-order chi connectivity index (χ0) is 31.6. The van der Waals surface area contributed by atoms with Crippen molar-refractivity contribution in [2.45, 2.75) is 53.4 Å². The lowest BCUT2D eigenvalue weighted by Gasteiger charge is -2.01. The van der Waals surface area contributed by atoms with Crippen molar-refractivity contribution in [1.29, 1.82) is 0 Å². The molecular formula is C34H32N12. The highest BCUT2D eigenvalue weighted by molar-refractivity contribution is 5.77. The fourth-order valence-corrected chi connectivity index (χ4v) is 5.25. The van der Waals surface area contributed by atoms with Gasteiger partial charge in [0.25, 0.3) is 0 Å². The Bertz CT molecular complexity index is 2100. The van der Waals surface area contributed by atoms with Crippen molar-refractivity contribution in [2.75, 3.05) is 0 Å². The monoisotopic (exact) mass is 608 g/mol. The second-order valence-electron chi connectivity index (χ2n) is 11.2. The maximum absolute atomic E-state index is 4.64. The topological polar surface area (TPSA) is 138 Å². The van der Waals surface area contributed by atoms with E-state index in [0.717, 1.165) is 105 Å². The van der Waals surface area contributed by atoms with Gasteiger partial charge in [0.2, 0.25) is 0 Å². The molecule has 0 aliphatic heterocycles. The van der Waals surface area contributed by atoms with Crippen molar-refractivity contribution < 1.29 is 0 Å². The summed E-state index contributed by atoms with van der Waals surface area (Å²) < 4.78 is 3.71. The second-order valence-corrected chi connectivity index (χ2v) is 11.2. The summed E-state index contributed by atoms with van der Waals surface area (Å²) in [7, 11) is 0. The van der Waals surface area contributed by atoms with Crippen LogP contribution in [0.2, 0.25) is 0 Å². The number of aromatic nitrogens is 12. The summed E-state index contributed by atoms with van der Waals surface area (Å²) in [6.45, 7) is 7.86. The van der Waals surface area contributed by atoms with Crippen LogP contribution in [0.3, 0.4) is 0 Å². The average molecular weight is 609 g/mol. The highest BCUT2D eigenvalue weighted by Crippen LogP contribution is 2.15. The van der Waals surface area contributed by atoms with Crippen molar-refractivity contribution in [3.05, 3.63) is 119 Å². The van der Waals surface area contributed by atoms with Crippen molar-refractivity contribution in [3.63, 3.8) is 0 Å². The minimum Gasteiger partial charge on any atom is -0.262 e. The smallest absolute Gasteiger partial charge is 0.177 e. The molecule has 8 heterocycles. The van der Waals surface area contributed by atoms with E-state index in [9.17, 15) is 0 Å². The first kappa shape index (κ1) is 29.0. The van der Waals surface area contributed by atoms with Gasteiger partial charge in [-0.3, -0.25) is 19.9 Å². The van der Waals surface area contributed by atoms with E-state index < -0.39 is 0 Å². The van der Waals surface area contributed by atoms with Crippen LogP contribution < -0.4 is 0 Å². The molecular weight excluding hydrogens is 576 g/mol. The number of pyridine rings is 4. The van der Waals surface area contributed by atoms with Gasteiger partial charge < -0.3 is 0 Å². The van der Waals surface area contributed by atoms with Crippen molar-refractivity contribution in [2.24, 2.45) is 0 Å². The Kier molecular flexibility index (Phi) is 7.75. The van der Waals surface area contributed by atoms with E-state index in [4.69, 9.17) is 0 Å². The van der Waals surface area contributed by atoms with Crippen LogP contribution >= 0.6 is 0 Å². The van der Waals surface area contributed by atoms with E-state index in [1.807, 2.05) is 73.4 Å². The van der Waals surface area contributed by atoms with E-state index in [2.05, 4.69) is 68.3 Å². The van der Waals surface area contributed by atoms with Crippen LogP contribution in [0.1, 0.15) is 45.8 Å². The summed E-state index contributed by atoms with van der Waals surface area (Å²) >= 11 is 0. The summed E-state index contributed by atoms with van der Waals surface area (Å²) in [4.78, 5) is 35.5. The molecule has 0 N–H and O–H groups in total. The number of hydrogen-bond acceptors (Lipinski definition) is 10. The maximum Gasteiger partial charge on any atom is 0.177 e. The first-order chi connectivity index (χ1) is 22.4. The third-order valence-electron chi connectivity index (χ3n) is 7.79. The molecule has 0 aliphatic carbocycles. The van der Waals surface area contributed by atoms with Crippen LogP contribution in [0, 0.1) is 27.7 Å². The van der Waals surface area contributed by atoms with E-state index in [0.29, 0.717) is 0 Å². The van der Waals surface area contributed by atoms with Gasteiger partial charge >= 0.3 is 0 Å². The van der Waals surface area contributed by atoms with Crippen LogP contribution in [0.25, 0.3) is 33.2 Å². The summed E-state index contributed by atoms with van der Waals surface area (Å²) in [5, 5.41) is 11.3. The van der Waals surface area contributed by atoms with Crippen LogP contribution in [-0.4, -0.2) is 59.1 Å². The normalized spacial score (nSPS) is 11.4. The van der Waals surface area contributed by atoms with E-state index in [1.165, 1.54) is 0 Å². The molecule has 8 aromatic rings. The highest BCUT2D eigenvalue weighted by atomic mass is 15.3. The molecule has 0 atom stereocenters. The van der Waals surface area contributed by atoms with Gasteiger partial charge in [0.15, 0.2) is 28.6 Å². The summed E-state index contributed by atoms with van der Waals surface area (Å²) in [5.74, 6) is 1.63. The molecule has 0 saturated heterocycles. The third kappa shape index (κ3) is 5.96. The Balaban J connectivity index is 0.000000147. The molecule has 228 valence electrons. The fraction of sp³-hybridized carbons (Fsp3) is 0.235. The molecule has 0 unspecified atom stereocenters. The van der Waals surface area contributed by atoms with Gasteiger partial charge in [-0.1, -0.05) is 6.07 Å². The number of rotatable bonds is 6. The van der Waals surface area contributed by atoms with E-state index >= 15 is 0 Å². The largest absolute Gasteiger partial charge is 0.262 e. The zero-order valence-corrected chi connectivity index (χ0v) is 26.1. The Morgan fingerprint density at radius 3 is 1.78 bits per heavy atom. The molecule has 0 aliphatic rings. The Morgan fingerprint density at radius 2 is 1.15 bits per heavy atom. The van der Waals surface area contributed by atoms with Crippen molar-refractivity contribution >= 4 is 33.2 Å². The van der Waals surface area contributed by atoms with Gasteiger partial charge in [0.05, 0.1) is 34.5 Å². The van der Waals surface area contributed by atoms with Crippen molar-refractivity contribution in [3.8, 4) is 0 Å². The molecule has 8 aromatic heterocycles. The first-order valence-corrected chi connectivity index (χ1v) is 15.2. The average Bonchev–Trinajstić information content (AvgIpc) is 3.73. The SMILES string of the molecule is Cc1ncc(C)n2nc(CCc3ccc4cccnc4n3)nc12.Cc1ncc(C)n2nc(CCc3ccc4ccncc4n3)nc12. The van der Waals surface area contributed by atoms with Gasteiger partial charge in [-0.05, 0) is 76.9 Å². The summed E-state index contributed by atoms with van der Waals surface area (Å²) in [6.07, 6.45) is 12.0. The number of fused-ring (bicyclic) bond motifs is 4. The lowest BCUT2D eigenvalue weighted by Crippen LogP contribution is -1.99. The standard InChI is InChI=1S/2C17H16N6/c1-11-9-19-12(2)17-21-16(22-23(11)17)6-5-14-4-3-13-7-8-18-10-15(13)20-14;1-11-10-19-12(2)17-21-15(22-23(11)17)8-7-14-6-5-13-4-3-9-18-16(13)20-14/h3-4,7-10H,5-6H2,1-2H3;3-6,9-10H,7-8H2,1-2H3. The van der Waals surface area contributed by atoms with Crippen LogP contribution in [0.5, 0.6) is 0 Å². The van der Waals surface area contributed by atoms with Gasteiger partial charge in [-0.2, -0.15) is 10.2 Å². The maximum atomic E-state index is 4.64. The molecule has 12 heteroatoms. The molecule has 0 aromatic carbocycles. The fourth-order valence-electron chi connectivity index (χ4n) is 5.25. The van der Waals surface area contributed by atoms with E-state index in [-0.39, 0.29) is 0 Å². The predicted octanol–water partition coefficient (Wildman–Crippen LogP) is 4.94. The van der Waals surface area contributed by atoms with Crippen LogP contribution in [0.15, 0.2) is 73.4 Å².